The highest BCUT2D eigenvalue weighted by molar-refractivity contribution is 5.81. The third kappa shape index (κ3) is 2.95. The van der Waals surface area contributed by atoms with E-state index in [1.165, 1.54) is 0 Å². The van der Waals surface area contributed by atoms with E-state index in [4.69, 9.17) is 10.5 Å². The minimum atomic E-state index is -0.408. The summed E-state index contributed by atoms with van der Waals surface area (Å²) < 4.78 is 5.01. The predicted octanol–water partition coefficient (Wildman–Crippen LogP) is 0.278. The first-order valence-corrected chi connectivity index (χ1v) is 5.79. The highest BCUT2D eigenvalue weighted by Gasteiger charge is 2.34. The minimum absolute atomic E-state index is 0.240. The molecule has 5 nitrogen and oxygen atoms in total. The average Bonchev–Trinajstić information content (AvgIpc) is 2.28. The van der Waals surface area contributed by atoms with Gasteiger partial charge in [-0.3, -0.25) is 14.5 Å². The molecule has 0 spiro atoms. The summed E-state index contributed by atoms with van der Waals surface area (Å²) >= 11 is 0. The Hall–Kier alpha value is -1.10. The number of hydrogen-bond donors (Lipinski definition) is 1. The number of carbonyl (C=O) groups is 2. The standard InChI is InChI=1S/C11H20N2O3/c1-3-16-11(15)9-6-4-5-7-13(9)8(2)10(12)14/h8-9H,3-7H2,1-2H3,(H2,12,14). The molecule has 16 heavy (non-hydrogen) atoms. The molecule has 1 aliphatic heterocycles. The van der Waals surface area contributed by atoms with Crippen LogP contribution in [-0.4, -0.2) is 42.0 Å². The third-order valence-corrected chi connectivity index (χ3v) is 3.01. The summed E-state index contributed by atoms with van der Waals surface area (Å²) in [5.41, 5.74) is 5.27. The Bertz CT molecular complexity index is 268. The van der Waals surface area contributed by atoms with Gasteiger partial charge in [-0.05, 0) is 33.2 Å². The second-order valence-electron chi connectivity index (χ2n) is 4.08. The summed E-state index contributed by atoms with van der Waals surface area (Å²) in [6.45, 7) is 4.62. The van der Waals surface area contributed by atoms with Crippen molar-refractivity contribution in [2.45, 2.75) is 45.2 Å². The Balaban J connectivity index is 2.70. The van der Waals surface area contributed by atoms with Crippen molar-refractivity contribution in [3.05, 3.63) is 0 Å². The van der Waals surface area contributed by atoms with Gasteiger partial charge in [-0.1, -0.05) is 6.42 Å². The number of rotatable bonds is 4. The largest absolute Gasteiger partial charge is 0.465 e. The molecule has 1 rings (SSSR count). The molecule has 0 aromatic carbocycles. The molecule has 5 heteroatoms. The van der Waals surface area contributed by atoms with Crippen LogP contribution in [0.15, 0.2) is 0 Å². The second kappa shape index (κ2) is 5.84. The van der Waals surface area contributed by atoms with E-state index < -0.39 is 11.9 Å². The maximum Gasteiger partial charge on any atom is 0.323 e. The van der Waals surface area contributed by atoms with Gasteiger partial charge < -0.3 is 10.5 Å². The highest BCUT2D eigenvalue weighted by Crippen LogP contribution is 2.20. The summed E-state index contributed by atoms with van der Waals surface area (Å²) in [6, 6.07) is -0.717. The third-order valence-electron chi connectivity index (χ3n) is 3.01. The van der Waals surface area contributed by atoms with E-state index in [-0.39, 0.29) is 12.0 Å². The molecule has 1 saturated heterocycles. The molecule has 0 aromatic rings. The van der Waals surface area contributed by atoms with Crippen LogP contribution < -0.4 is 5.73 Å². The van der Waals surface area contributed by atoms with Crippen molar-refractivity contribution in [3.8, 4) is 0 Å². The van der Waals surface area contributed by atoms with Crippen molar-refractivity contribution in [1.29, 1.82) is 0 Å². The lowest BCUT2D eigenvalue weighted by molar-refractivity contribution is -0.152. The molecule has 2 unspecified atom stereocenters. The highest BCUT2D eigenvalue weighted by atomic mass is 16.5. The molecular formula is C11H20N2O3. The fourth-order valence-electron chi connectivity index (χ4n) is 2.07. The fourth-order valence-corrected chi connectivity index (χ4v) is 2.07. The number of esters is 1. The summed E-state index contributed by atoms with van der Waals surface area (Å²) in [4.78, 5) is 24.7. The van der Waals surface area contributed by atoms with Crippen LogP contribution in [0.1, 0.15) is 33.1 Å². The van der Waals surface area contributed by atoms with Gasteiger partial charge >= 0.3 is 5.97 Å². The van der Waals surface area contributed by atoms with Crippen LogP contribution in [0.25, 0.3) is 0 Å². The van der Waals surface area contributed by atoms with Crippen LogP contribution in [0, 0.1) is 0 Å². The minimum Gasteiger partial charge on any atom is -0.465 e. The van der Waals surface area contributed by atoms with Gasteiger partial charge in [0.25, 0.3) is 0 Å². The Morgan fingerprint density at radius 2 is 2.19 bits per heavy atom. The number of hydrogen-bond acceptors (Lipinski definition) is 4. The Morgan fingerprint density at radius 3 is 2.75 bits per heavy atom. The van der Waals surface area contributed by atoms with Crippen molar-refractivity contribution < 1.29 is 14.3 Å². The van der Waals surface area contributed by atoms with Gasteiger partial charge in [0.1, 0.15) is 6.04 Å². The smallest absolute Gasteiger partial charge is 0.323 e. The van der Waals surface area contributed by atoms with E-state index in [1.807, 2.05) is 4.90 Å². The maximum absolute atomic E-state index is 11.7. The quantitative estimate of drug-likeness (QED) is 0.701. The van der Waals surface area contributed by atoms with Crippen molar-refractivity contribution in [3.63, 3.8) is 0 Å². The fraction of sp³-hybridized carbons (Fsp3) is 0.818. The molecule has 1 aliphatic rings. The van der Waals surface area contributed by atoms with Crippen LogP contribution in [-0.2, 0) is 14.3 Å². The molecule has 0 aliphatic carbocycles. The Kier molecular flexibility index (Phi) is 4.73. The summed E-state index contributed by atoms with van der Waals surface area (Å²) in [7, 11) is 0. The van der Waals surface area contributed by atoms with Crippen LogP contribution in [0.2, 0.25) is 0 Å². The molecule has 0 radical (unpaired) electrons. The normalized spacial score (nSPS) is 23.8. The first kappa shape index (κ1) is 13.0. The van der Waals surface area contributed by atoms with E-state index >= 15 is 0 Å². The Labute approximate surface area is 95.9 Å². The lowest BCUT2D eigenvalue weighted by Gasteiger charge is -2.36. The first-order valence-electron chi connectivity index (χ1n) is 5.79. The number of ether oxygens (including phenoxy) is 1. The van der Waals surface area contributed by atoms with Gasteiger partial charge in [-0.2, -0.15) is 0 Å². The van der Waals surface area contributed by atoms with Crippen molar-refractivity contribution >= 4 is 11.9 Å². The van der Waals surface area contributed by atoms with Crippen LogP contribution in [0.4, 0.5) is 0 Å². The van der Waals surface area contributed by atoms with Gasteiger partial charge in [0.05, 0.1) is 12.6 Å². The van der Waals surface area contributed by atoms with Gasteiger partial charge in [0, 0.05) is 0 Å². The second-order valence-corrected chi connectivity index (χ2v) is 4.08. The molecular weight excluding hydrogens is 208 g/mol. The number of carbonyl (C=O) groups excluding carboxylic acids is 2. The molecule has 1 heterocycles. The molecule has 1 fully saturated rings. The monoisotopic (exact) mass is 228 g/mol. The van der Waals surface area contributed by atoms with Crippen molar-refractivity contribution in [2.24, 2.45) is 5.73 Å². The zero-order valence-corrected chi connectivity index (χ0v) is 9.94. The predicted molar refractivity (Wildman–Crippen MR) is 59.6 cm³/mol. The molecule has 2 atom stereocenters. The molecule has 0 saturated carbocycles. The van der Waals surface area contributed by atoms with Crippen molar-refractivity contribution in [2.75, 3.05) is 13.2 Å². The Morgan fingerprint density at radius 1 is 1.50 bits per heavy atom. The van der Waals surface area contributed by atoms with E-state index in [1.54, 1.807) is 13.8 Å². The number of amides is 1. The van der Waals surface area contributed by atoms with Gasteiger partial charge in [-0.15, -0.1) is 0 Å². The van der Waals surface area contributed by atoms with Crippen LogP contribution >= 0.6 is 0 Å². The SMILES string of the molecule is CCOC(=O)C1CCCCN1C(C)C(N)=O. The summed E-state index contributed by atoms with van der Waals surface area (Å²) in [6.07, 6.45) is 2.73. The summed E-state index contributed by atoms with van der Waals surface area (Å²) in [5, 5.41) is 0. The molecule has 2 N–H and O–H groups in total. The van der Waals surface area contributed by atoms with E-state index in [2.05, 4.69) is 0 Å². The lowest BCUT2D eigenvalue weighted by atomic mass is 10.00. The maximum atomic E-state index is 11.7. The first-order chi connectivity index (χ1) is 7.57. The zero-order valence-electron chi connectivity index (χ0n) is 9.94. The van der Waals surface area contributed by atoms with E-state index in [9.17, 15) is 9.59 Å². The lowest BCUT2D eigenvalue weighted by Crippen LogP contribution is -2.53. The average molecular weight is 228 g/mol. The van der Waals surface area contributed by atoms with Crippen LogP contribution in [0.3, 0.4) is 0 Å². The number of piperidine rings is 1. The van der Waals surface area contributed by atoms with E-state index in [0.717, 1.165) is 25.8 Å². The van der Waals surface area contributed by atoms with Crippen molar-refractivity contribution in [1.82, 2.24) is 4.90 Å². The van der Waals surface area contributed by atoms with Gasteiger partial charge in [0.15, 0.2) is 0 Å². The summed E-state index contributed by atoms with van der Waals surface area (Å²) in [5.74, 6) is -0.633. The van der Waals surface area contributed by atoms with E-state index in [0.29, 0.717) is 6.61 Å². The number of nitrogens with zero attached hydrogens (tertiary/aromatic N) is 1. The number of nitrogens with two attached hydrogens (primary N) is 1. The molecule has 92 valence electrons. The van der Waals surface area contributed by atoms with Gasteiger partial charge in [-0.25, -0.2) is 0 Å². The molecule has 1 amide bonds. The number of likely N-dealkylation sites (tertiary alicyclic amines) is 1. The van der Waals surface area contributed by atoms with Crippen LogP contribution in [0.5, 0.6) is 0 Å². The van der Waals surface area contributed by atoms with Gasteiger partial charge in [0.2, 0.25) is 5.91 Å². The number of primary amides is 1. The topological polar surface area (TPSA) is 72.6 Å². The molecule has 0 aromatic heterocycles. The zero-order chi connectivity index (χ0) is 12.1. The molecule has 0 bridgehead atoms.